The molecule has 0 atom stereocenters. The Morgan fingerprint density at radius 2 is 2.25 bits per heavy atom. The minimum atomic E-state index is -1.07. The summed E-state index contributed by atoms with van der Waals surface area (Å²) in [6.07, 6.45) is 5.98. The number of hydrogen-bond donors (Lipinski definition) is 4. The third-order valence-corrected chi connectivity index (χ3v) is 2.50. The van der Waals surface area contributed by atoms with Gasteiger partial charge in [0.05, 0.1) is 24.9 Å². The van der Waals surface area contributed by atoms with E-state index in [1.165, 1.54) is 18.9 Å². The number of hydrogen-bond acceptors (Lipinski definition) is 4. The molecule has 0 radical (unpaired) electrons. The van der Waals surface area contributed by atoms with Crippen LogP contribution in [0.2, 0.25) is 0 Å². The van der Waals surface area contributed by atoms with E-state index in [2.05, 4.69) is 25.6 Å². The number of nitrogens with one attached hydrogen (secondary N) is 3. The molecule has 2 aromatic rings. The van der Waals surface area contributed by atoms with Crippen LogP contribution in [0.4, 0.5) is 4.79 Å². The fourth-order valence-corrected chi connectivity index (χ4v) is 1.51. The second-order valence-electron chi connectivity index (χ2n) is 3.99. The number of aromatic carboxylic acids is 1. The molecule has 9 heteroatoms. The van der Waals surface area contributed by atoms with Crippen LogP contribution in [0.3, 0.4) is 0 Å². The van der Waals surface area contributed by atoms with E-state index in [4.69, 9.17) is 5.11 Å². The molecule has 2 aromatic heterocycles. The molecule has 0 saturated heterocycles. The molecule has 2 heterocycles. The van der Waals surface area contributed by atoms with Gasteiger partial charge in [-0.3, -0.25) is 0 Å². The van der Waals surface area contributed by atoms with Gasteiger partial charge in [-0.15, -0.1) is 0 Å². The van der Waals surface area contributed by atoms with Crippen LogP contribution in [0.5, 0.6) is 0 Å². The third-order valence-electron chi connectivity index (χ3n) is 2.50. The van der Waals surface area contributed by atoms with Crippen LogP contribution >= 0.6 is 0 Å². The van der Waals surface area contributed by atoms with Crippen molar-refractivity contribution < 1.29 is 14.7 Å². The second-order valence-corrected chi connectivity index (χ2v) is 3.99. The number of aromatic amines is 1. The van der Waals surface area contributed by atoms with E-state index in [9.17, 15) is 9.59 Å². The van der Waals surface area contributed by atoms with Crippen molar-refractivity contribution in [2.75, 3.05) is 6.54 Å². The second kappa shape index (κ2) is 6.36. The quantitative estimate of drug-likeness (QED) is 0.582. The highest BCUT2D eigenvalue weighted by Gasteiger charge is 2.06. The summed E-state index contributed by atoms with van der Waals surface area (Å²) >= 11 is 0. The number of urea groups is 1. The van der Waals surface area contributed by atoms with Gasteiger partial charge in [0.2, 0.25) is 0 Å². The van der Waals surface area contributed by atoms with E-state index in [1.807, 2.05) is 0 Å². The van der Waals surface area contributed by atoms with E-state index in [0.29, 0.717) is 19.6 Å². The average Bonchev–Trinajstić information content (AvgIpc) is 3.07. The van der Waals surface area contributed by atoms with Crippen molar-refractivity contribution in [2.45, 2.75) is 13.1 Å². The van der Waals surface area contributed by atoms with E-state index >= 15 is 0 Å². The Hall–Kier alpha value is -2.84. The minimum Gasteiger partial charge on any atom is -0.476 e. The van der Waals surface area contributed by atoms with Gasteiger partial charge in [-0.2, -0.15) is 0 Å². The molecule has 0 aliphatic carbocycles. The number of carbonyl (C=O) groups excluding carboxylic acids is 1. The minimum absolute atomic E-state index is 0.0197. The lowest BCUT2D eigenvalue weighted by molar-refractivity contribution is 0.0691. The summed E-state index contributed by atoms with van der Waals surface area (Å²) in [5.41, 5.74) is 0.787. The van der Waals surface area contributed by atoms with Gasteiger partial charge in [-0.1, -0.05) is 0 Å². The predicted molar refractivity (Wildman–Crippen MR) is 68.0 cm³/mol. The molecule has 0 aliphatic rings. The Morgan fingerprint density at radius 1 is 1.40 bits per heavy atom. The molecule has 4 N–H and O–H groups in total. The standard InChI is InChI=1S/C11H14N6O3/c18-10(19)9-5-17(7-16-9)2-1-13-11(20)14-4-8-3-12-6-15-8/h3,5-7H,1-2,4H2,(H,12,15)(H,18,19)(H2,13,14,20). The number of carboxylic acids is 1. The van der Waals surface area contributed by atoms with Crippen LogP contribution in [0, 0.1) is 0 Å². The molecule has 2 rings (SSSR count). The van der Waals surface area contributed by atoms with Crippen molar-refractivity contribution in [1.82, 2.24) is 30.2 Å². The molecule has 0 bridgehead atoms. The summed E-state index contributed by atoms with van der Waals surface area (Å²) < 4.78 is 1.60. The molecule has 2 amide bonds. The highest BCUT2D eigenvalue weighted by atomic mass is 16.4. The summed E-state index contributed by atoms with van der Waals surface area (Å²) in [5, 5.41) is 14.0. The number of carbonyl (C=O) groups is 2. The number of imidazole rings is 2. The maximum absolute atomic E-state index is 11.5. The fourth-order valence-electron chi connectivity index (χ4n) is 1.51. The van der Waals surface area contributed by atoms with Gasteiger partial charge >= 0.3 is 12.0 Å². The zero-order valence-electron chi connectivity index (χ0n) is 10.5. The monoisotopic (exact) mass is 278 g/mol. The molecular formula is C11H14N6O3. The molecule has 20 heavy (non-hydrogen) atoms. The van der Waals surface area contributed by atoms with Crippen LogP contribution in [0.25, 0.3) is 0 Å². The predicted octanol–water partition coefficient (Wildman–Crippen LogP) is -0.196. The summed E-state index contributed by atoms with van der Waals surface area (Å²) in [7, 11) is 0. The Balaban J connectivity index is 1.67. The van der Waals surface area contributed by atoms with Crippen LogP contribution in [0.1, 0.15) is 16.2 Å². The largest absolute Gasteiger partial charge is 0.476 e. The molecule has 0 fully saturated rings. The highest BCUT2D eigenvalue weighted by molar-refractivity contribution is 5.84. The van der Waals surface area contributed by atoms with Gasteiger partial charge < -0.3 is 25.3 Å². The zero-order chi connectivity index (χ0) is 14.4. The van der Waals surface area contributed by atoms with Crippen molar-refractivity contribution >= 4 is 12.0 Å². The van der Waals surface area contributed by atoms with Gasteiger partial charge in [-0.05, 0) is 0 Å². The van der Waals surface area contributed by atoms with Crippen molar-refractivity contribution in [3.63, 3.8) is 0 Å². The fraction of sp³-hybridized carbons (Fsp3) is 0.273. The highest BCUT2D eigenvalue weighted by Crippen LogP contribution is 1.95. The van der Waals surface area contributed by atoms with Crippen molar-refractivity contribution in [1.29, 1.82) is 0 Å². The van der Waals surface area contributed by atoms with Gasteiger partial charge in [0, 0.05) is 25.5 Å². The lowest BCUT2D eigenvalue weighted by atomic mass is 10.5. The number of rotatable bonds is 6. The van der Waals surface area contributed by atoms with Crippen LogP contribution in [-0.2, 0) is 13.1 Å². The van der Waals surface area contributed by atoms with Gasteiger partial charge in [0.15, 0.2) is 5.69 Å². The number of aromatic nitrogens is 4. The van der Waals surface area contributed by atoms with E-state index < -0.39 is 5.97 Å². The smallest absolute Gasteiger partial charge is 0.356 e. The first-order chi connectivity index (χ1) is 9.65. The maximum atomic E-state index is 11.5. The number of amides is 2. The maximum Gasteiger partial charge on any atom is 0.356 e. The van der Waals surface area contributed by atoms with E-state index in [1.54, 1.807) is 10.8 Å². The Bertz CT molecular complexity index is 577. The van der Waals surface area contributed by atoms with Crippen LogP contribution in [0.15, 0.2) is 25.0 Å². The van der Waals surface area contributed by atoms with Gasteiger partial charge in [0.1, 0.15) is 0 Å². The summed E-state index contributed by atoms with van der Waals surface area (Å²) in [6, 6.07) is -0.307. The molecule has 0 aliphatic heterocycles. The molecule has 0 saturated carbocycles. The third kappa shape index (κ3) is 3.83. The topological polar surface area (TPSA) is 125 Å². The Labute approximate surface area is 114 Å². The number of carboxylic acid groups (broad SMARTS) is 1. The van der Waals surface area contributed by atoms with Gasteiger partial charge in [-0.25, -0.2) is 19.6 Å². The van der Waals surface area contributed by atoms with Gasteiger partial charge in [0.25, 0.3) is 0 Å². The first-order valence-corrected chi connectivity index (χ1v) is 5.89. The number of H-pyrrole nitrogens is 1. The summed E-state index contributed by atoms with van der Waals surface area (Å²) in [5.74, 6) is -1.07. The van der Waals surface area contributed by atoms with Crippen molar-refractivity contribution in [2.24, 2.45) is 0 Å². The van der Waals surface area contributed by atoms with Crippen LogP contribution in [-0.4, -0.2) is 43.2 Å². The van der Waals surface area contributed by atoms with Crippen LogP contribution < -0.4 is 10.6 Å². The normalized spacial score (nSPS) is 10.2. The van der Waals surface area contributed by atoms with Crippen molar-refractivity contribution in [3.8, 4) is 0 Å². The molecule has 106 valence electrons. The lowest BCUT2D eigenvalue weighted by Gasteiger charge is -2.06. The first-order valence-electron chi connectivity index (χ1n) is 5.89. The molecule has 0 unspecified atom stereocenters. The molecule has 0 spiro atoms. The molecular weight excluding hydrogens is 264 g/mol. The SMILES string of the molecule is O=C(NCCn1cnc(C(=O)O)c1)NCc1cnc[nH]1. The Morgan fingerprint density at radius 3 is 2.90 bits per heavy atom. The Kier molecular flexibility index (Phi) is 4.32. The number of nitrogens with zero attached hydrogens (tertiary/aromatic N) is 3. The zero-order valence-corrected chi connectivity index (χ0v) is 10.5. The summed E-state index contributed by atoms with van der Waals surface area (Å²) in [6.45, 7) is 1.17. The molecule has 9 nitrogen and oxygen atoms in total. The van der Waals surface area contributed by atoms with E-state index in [0.717, 1.165) is 5.69 Å². The average molecular weight is 278 g/mol. The summed E-state index contributed by atoms with van der Waals surface area (Å²) in [4.78, 5) is 32.5. The van der Waals surface area contributed by atoms with E-state index in [-0.39, 0.29) is 11.7 Å². The first kappa shape index (κ1) is 13.6. The van der Waals surface area contributed by atoms with Crippen molar-refractivity contribution in [3.05, 3.63) is 36.4 Å². The molecule has 0 aromatic carbocycles. The lowest BCUT2D eigenvalue weighted by Crippen LogP contribution is -2.36.